The Morgan fingerprint density at radius 1 is 1.29 bits per heavy atom. The van der Waals surface area contributed by atoms with E-state index in [4.69, 9.17) is 9.15 Å². The smallest absolute Gasteiger partial charge is 0.272 e. The molecule has 1 unspecified atom stereocenters. The summed E-state index contributed by atoms with van der Waals surface area (Å²) >= 11 is 0. The summed E-state index contributed by atoms with van der Waals surface area (Å²) in [7, 11) is 3.49. The zero-order chi connectivity index (χ0) is 22.0. The lowest BCUT2D eigenvalue weighted by Crippen LogP contribution is -2.40. The van der Waals surface area contributed by atoms with E-state index in [1.54, 1.807) is 18.0 Å². The molecule has 0 spiro atoms. The molecule has 7 heteroatoms. The van der Waals surface area contributed by atoms with Crippen molar-refractivity contribution < 1.29 is 13.9 Å². The number of likely N-dealkylation sites (tertiary alicyclic amines) is 1. The highest BCUT2D eigenvalue weighted by molar-refractivity contribution is 5.92. The van der Waals surface area contributed by atoms with Crippen LogP contribution in [0.4, 0.5) is 0 Å². The molecule has 3 heterocycles. The van der Waals surface area contributed by atoms with E-state index < -0.39 is 0 Å². The first-order chi connectivity index (χ1) is 14.9. The van der Waals surface area contributed by atoms with E-state index in [0.29, 0.717) is 30.5 Å². The Labute approximate surface area is 183 Å². The van der Waals surface area contributed by atoms with Gasteiger partial charge < -0.3 is 14.1 Å². The molecule has 1 aromatic carbocycles. The number of oxazole rings is 1. The minimum absolute atomic E-state index is 0.0246. The second-order valence-corrected chi connectivity index (χ2v) is 8.51. The number of aryl methyl sites for hydroxylation is 1. The second-order valence-electron chi connectivity index (χ2n) is 8.51. The number of piperidine rings is 1. The maximum atomic E-state index is 13.1. The van der Waals surface area contributed by atoms with E-state index in [1.165, 1.54) is 0 Å². The van der Waals surface area contributed by atoms with Gasteiger partial charge in [-0.1, -0.05) is 26.0 Å². The molecular weight excluding hydrogens is 392 g/mol. The maximum Gasteiger partial charge on any atom is 0.272 e. The lowest BCUT2D eigenvalue weighted by molar-refractivity contribution is 0.0686. The Hall–Kier alpha value is -3.09. The molecular formula is C24H30N4O3. The number of ether oxygens (including phenoxy) is 1. The highest BCUT2D eigenvalue weighted by atomic mass is 16.5. The summed E-state index contributed by atoms with van der Waals surface area (Å²) in [5.74, 6) is 2.81. The predicted molar refractivity (Wildman–Crippen MR) is 117 cm³/mol. The van der Waals surface area contributed by atoms with Crippen LogP contribution in [-0.2, 0) is 13.5 Å². The molecule has 1 atom stereocenters. The highest BCUT2D eigenvalue weighted by Crippen LogP contribution is 2.28. The molecule has 164 valence electrons. The Kier molecular flexibility index (Phi) is 6.11. The van der Waals surface area contributed by atoms with Crippen molar-refractivity contribution in [2.45, 2.75) is 44.9 Å². The van der Waals surface area contributed by atoms with E-state index in [-0.39, 0.29) is 11.8 Å². The molecule has 1 aliphatic heterocycles. The van der Waals surface area contributed by atoms with Gasteiger partial charge in [-0.05, 0) is 42.5 Å². The minimum Gasteiger partial charge on any atom is -0.497 e. The number of hydrogen-bond acceptors (Lipinski definition) is 5. The van der Waals surface area contributed by atoms with Crippen molar-refractivity contribution in [3.8, 4) is 5.75 Å². The monoisotopic (exact) mass is 422 g/mol. The van der Waals surface area contributed by atoms with Crippen LogP contribution >= 0.6 is 0 Å². The summed E-state index contributed by atoms with van der Waals surface area (Å²) in [6.07, 6.45) is 4.38. The quantitative estimate of drug-likeness (QED) is 0.597. The number of carbonyl (C=O) groups excluding carboxylic acids is 1. The Morgan fingerprint density at radius 2 is 2.06 bits per heavy atom. The number of carbonyl (C=O) groups is 1. The number of nitrogens with zero attached hydrogens (tertiary/aromatic N) is 4. The molecule has 4 rings (SSSR count). The topological polar surface area (TPSA) is 73.4 Å². The van der Waals surface area contributed by atoms with Gasteiger partial charge in [0.2, 0.25) is 0 Å². The van der Waals surface area contributed by atoms with Crippen LogP contribution in [0.1, 0.15) is 71.9 Å². The van der Waals surface area contributed by atoms with Gasteiger partial charge in [-0.15, -0.1) is 0 Å². The SMILES string of the molecule is COc1ccc(Cc2cnc(C3CCCN(C(=O)c4cc(C(C)C)nn4C)C3)o2)cc1. The first-order valence-corrected chi connectivity index (χ1v) is 10.9. The summed E-state index contributed by atoms with van der Waals surface area (Å²) in [5.41, 5.74) is 2.72. The lowest BCUT2D eigenvalue weighted by Gasteiger charge is -2.31. The van der Waals surface area contributed by atoms with Crippen molar-refractivity contribution in [1.29, 1.82) is 0 Å². The standard InChI is InChI=1S/C24H30N4O3/c1-16(2)21-13-22(27(3)26-21)24(29)28-11-5-6-18(15-28)23-25-14-20(31-23)12-17-7-9-19(30-4)10-8-17/h7-10,13-14,16,18H,5-6,11-12,15H2,1-4H3. The van der Waals surface area contributed by atoms with Crippen molar-refractivity contribution in [1.82, 2.24) is 19.7 Å². The molecule has 1 saturated heterocycles. The fourth-order valence-corrected chi connectivity index (χ4v) is 4.03. The maximum absolute atomic E-state index is 13.1. The zero-order valence-electron chi connectivity index (χ0n) is 18.7. The lowest BCUT2D eigenvalue weighted by atomic mass is 9.97. The molecule has 0 N–H and O–H groups in total. The normalized spacial score (nSPS) is 16.7. The average molecular weight is 423 g/mol. The van der Waals surface area contributed by atoms with Crippen molar-refractivity contribution in [3.63, 3.8) is 0 Å². The van der Waals surface area contributed by atoms with Crippen LogP contribution in [0.25, 0.3) is 0 Å². The molecule has 1 fully saturated rings. The third kappa shape index (κ3) is 4.65. The molecule has 31 heavy (non-hydrogen) atoms. The molecule has 1 aliphatic rings. The summed E-state index contributed by atoms with van der Waals surface area (Å²) < 4.78 is 13.0. The minimum atomic E-state index is 0.0246. The third-order valence-electron chi connectivity index (χ3n) is 5.88. The number of methoxy groups -OCH3 is 1. The number of amides is 1. The van der Waals surface area contributed by atoms with Crippen LogP contribution < -0.4 is 4.74 Å². The molecule has 2 aromatic heterocycles. The van der Waals surface area contributed by atoms with Gasteiger partial charge >= 0.3 is 0 Å². The highest BCUT2D eigenvalue weighted by Gasteiger charge is 2.30. The van der Waals surface area contributed by atoms with Crippen molar-refractivity contribution in [2.24, 2.45) is 7.05 Å². The molecule has 0 radical (unpaired) electrons. The Morgan fingerprint density at radius 3 is 2.74 bits per heavy atom. The Balaban J connectivity index is 1.43. The van der Waals surface area contributed by atoms with E-state index in [1.807, 2.05) is 42.3 Å². The molecule has 1 amide bonds. The van der Waals surface area contributed by atoms with Gasteiger partial charge in [0, 0.05) is 26.6 Å². The van der Waals surface area contributed by atoms with E-state index >= 15 is 0 Å². The summed E-state index contributed by atoms with van der Waals surface area (Å²) in [4.78, 5) is 19.6. The summed E-state index contributed by atoms with van der Waals surface area (Å²) in [6, 6.07) is 9.86. The van der Waals surface area contributed by atoms with Crippen LogP contribution in [0, 0.1) is 0 Å². The largest absolute Gasteiger partial charge is 0.497 e. The van der Waals surface area contributed by atoms with Crippen molar-refractivity contribution in [2.75, 3.05) is 20.2 Å². The van der Waals surface area contributed by atoms with E-state index in [9.17, 15) is 4.79 Å². The summed E-state index contributed by atoms with van der Waals surface area (Å²) in [5, 5.41) is 4.49. The summed E-state index contributed by atoms with van der Waals surface area (Å²) in [6.45, 7) is 5.53. The van der Waals surface area contributed by atoms with Gasteiger partial charge in [0.25, 0.3) is 5.91 Å². The molecule has 7 nitrogen and oxygen atoms in total. The van der Waals surface area contributed by atoms with Crippen LogP contribution in [0.15, 0.2) is 40.9 Å². The first-order valence-electron chi connectivity index (χ1n) is 10.9. The average Bonchev–Trinajstić information content (AvgIpc) is 3.41. The van der Waals surface area contributed by atoms with Crippen LogP contribution in [0.3, 0.4) is 0 Å². The van der Waals surface area contributed by atoms with Gasteiger partial charge in [0.1, 0.15) is 17.2 Å². The van der Waals surface area contributed by atoms with E-state index in [0.717, 1.165) is 42.2 Å². The molecule has 0 saturated carbocycles. The van der Waals surface area contributed by atoms with Crippen molar-refractivity contribution in [3.05, 3.63) is 65.1 Å². The zero-order valence-corrected chi connectivity index (χ0v) is 18.7. The number of benzene rings is 1. The van der Waals surface area contributed by atoms with Crippen molar-refractivity contribution >= 4 is 5.91 Å². The van der Waals surface area contributed by atoms with Crippen LogP contribution in [-0.4, -0.2) is 45.8 Å². The van der Waals surface area contributed by atoms with Gasteiger partial charge in [-0.2, -0.15) is 5.10 Å². The van der Waals surface area contributed by atoms with Gasteiger partial charge in [-0.3, -0.25) is 9.48 Å². The fourth-order valence-electron chi connectivity index (χ4n) is 4.03. The third-order valence-corrected chi connectivity index (χ3v) is 5.88. The Bertz CT molecular complexity index is 1040. The van der Waals surface area contributed by atoms with Gasteiger partial charge in [-0.25, -0.2) is 4.98 Å². The number of hydrogen-bond donors (Lipinski definition) is 0. The molecule has 3 aromatic rings. The number of aromatic nitrogens is 3. The molecule has 0 bridgehead atoms. The van der Waals surface area contributed by atoms with E-state index in [2.05, 4.69) is 23.9 Å². The number of rotatable bonds is 6. The van der Waals surface area contributed by atoms with Gasteiger partial charge in [0.15, 0.2) is 5.89 Å². The van der Waals surface area contributed by atoms with Crippen LogP contribution in [0.5, 0.6) is 5.75 Å². The fraction of sp³-hybridized carbons (Fsp3) is 0.458. The molecule has 0 aliphatic carbocycles. The second kappa shape index (κ2) is 8.96. The van der Waals surface area contributed by atoms with Gasteiger partial charge in [0.05, 0.1) is 24.9 Å². The van der Waals surface area contributed by atoms with Crippen LogP contribution in [0.2, 0.25) is 0 Å². The predicted octanol–water partition coefficient (Wildman–Crippen LogP) is 4.15. The first kappa shape index (κ1) is 21.2.